The van der Waals surface area contributed by atoms with Crippen LogP contribution in [0.25, 0.3) is 5.57 Å². The van der Waals surface area contributed by atoms with Crippen molar-refractivity contribution in [3.63, 3.8) is 0 Å². The number of rotatable bonds is 5. The SMILES string of the molecule is Cc1ccc(C2C(=C(c3ccccc3)c3ccccc3)C=NN2S(=O)(=O)c2ccccc2)cc1C. The molecule has 5 heteroatoms. The van der Waals surface area contributed by atoms with E-state index in [1.807, 2.05) is 55.5 Å². The summed E-state index contributed by atoms with van der Waals surface area (Å²) >= 11 is 0. The molecule has 1 aliphatic rings. The fraction of sp³-hybridized carbons (Fsp3) is 0.100. The van der Waals surface area contributed by atoms with Crippen LogP contribution in [0.1, 0.15) is 33.9 Å². The van der Waals surface area contributed by atoms with Crippen LogP contribution in [0.4, 0.5) is 0 Å². The highest BCUT2D eigenvalue weighted by Gasteiger charge is 2.39. The quantitative estimate of drug-likeness (QED) is 0.327. The lowest BCUT2D eigenvalue weighted by Crippen LogP contribution is -2.28. The van der Waals surface area contributed by atoms with Gasteiger partial charge in [-0.3, -0.25) is 0 Å². The number of benzene rings is 4. The first-order valence-corrected chi connectivity index (χ1v) is 13.0. The lowest BCUT2D eigenvalue weighted by atomic mass is 9.87. The van der Waals surface area contributed by atoms with Gasteiger partial charge in [0.15, 0.2) is 0 Å². The van der Waals surface area contributed by atoms with Gasteiger partial charge in [0.1, 0.15) is 6.04 Å². The Labute approximate surface area is 206 Å². The molecule has 4 aromatic carbocycles. The van der Waals surface area contributed by atoms with Crippen molar-refractivity contribution in [1.29, 1.82) is 0 Å². The molecule has 1 heterocycles. The average molecular weight is 479 g/mol. The van der Waals surface area contributed by atoms with Crippen molar-refractivity contribution < 1.29 is 8.42 Å². The molecule has 0 spiro atoms. The van der Waals surface area contributed by atoms with Gasteiger partial charge in [-0.05, 0) is 59.4 Å². The van der Waals surface area contributed by atoms with Gasteiger partial charge in [-0.2, -0.15) is 17.9 Å². The number of hydrogen-bond acceptors (Lipinski definition) is 3. The molecule has 0 aliphatic carbocycles. The van der Waals surface area contributed by atoms with E-state index < -0.39 is 16.1 Å². The van der Waals surface area contributed by atoms with Crippen molar-refractivity contribution in [2.24, 2.45) is 5.10 Å². The van der Waals surface area contributed by atoms with Crippen LogP contribution in [0.15, 0.2) is 125 Å². The number of sulfonamides is 1. The average Bonchev–Trinajstić information content (AvgIpc) is 3.33. The van der Waals surface area contributed by atoms with E-state index in [1.165, 1.54) is 4.41 Å². The van der Waals surface area contributed by atoms with Crippen LogP contribution in [0, 0.1) is 13.8 Å². The summed E-state index contributed by atoms with van der Waals surface area (Å²) in [6.07, 6.45) is 1.70. The summed E-state index contributed by atoms with van der Waals surface area (Å²) in [4.78, 5) is 0.216. The maximum absolute atomic E-state index is 13.8. The molecular formula is C30H26N2O2S. The molecule has 5 rings (SSSR count). The van der Waals surface area contributed by atoms with Crippen LogP contribution in [0.3, 0.4) is 0 Å². The topological polar surface area (TPSA) is 49.7 Å². The second-order valence-corrected chi connectivity index (χ2v) is 10.4. The van der Waals surface area contributed by atoms with Gasteiger partial charge in [0.05, 0.1) is 11.1 Å². The minimum atomic E-state index is -3.89. The van der Waals surface area contributed by atoms with Crippen molar-refractivity contribution in [2.75, 3.05) is 0 Å². The lowest BCUT2D eigenvalue weighted by molar-refractivity contribution is 0.397. The molecule has 0 amide bonds. The Morgan fingerprint density at radius 1 is 0.714 bits per heavy atom. The Morgan fingerprint density at radius 2 is 1.26 bits per heavy atom. The molecule has 0 saturated carbocycles. The minimum absolute atomic E-state index is 0.216. The van der Waals surface area contributed by atoms with E-state index >= 15 is 0 Å². The Bertz CT molecular complexity index is 1470. The van der Waals surface area contributed by atoms with Crippen molar-refractivity contribution in [3.05, 3.63) is 143 Å². The van der Waals surface area contributed by atoms with E-state index in [0.717, 1.165) is 39.0 Å². The minimum Gasteiger partial charge on any atom is -0.200 e. The van der Waals surface area contributed by atoms with Gasteiger partial charge in [0.25, 0.3) is 10.0 Å². The van der Waals surface area contributed by atoms with E-state index in [4.69, 9.17) is 0 Å². The normalized spacial score (nSPS) is 15.4. The molecule has 0 bridgehead atoms. The summed E-state index contributed by atoms with van der Waals surface area (Å²) < 4.78 is 28.9. The molecule has 0 radical (unpaired) electrons. The fourth-order valence-corrected chi connectivity index (χ4v) is 5.83. The summed E-state index contributed by atoms with van der Waals surface area (Å²) in [5.74, 6) is 0. The Hall–Kier alpha value is -3.96. The van der Waals surface area contributed by atoms with E-state index in [0.29, 0.717) is 0 Å². The van der Waals surface area contributed by atoms with E-state index in [1.54, 1.807) is 36.5 Å². The number of hydrazone groups is 1. The maximum atomic E-state index is 13.8. The molecule has 1 unspecified atom stereocenters. The fourth-order valence-electron chi connectivity index (χ4n) is 4.43. The van der Waals surface area contributed by atoms with Crippen LogP contribution in [0.2, 0.25) is 0 Å². The molecule has 1 atom stereocenters. The number of aryl methyl sites for hydroxylation is 2. The van der Waals surface area contributed by atoms with Gasteiger partial charge in [0.2, 0.25) is 0 Å². The predicted molar refractivity (Wildman–Crippen MR) is 142 cm³/mol. The van der Waals surface area contributed by atoms with Crippen molar-refractivity contribution in [1.82, 2.24) is 4.41 Å². The van der Waals surface area contributed by atoms with Gasteiger partial charge in [0, 0.05) is 5.57 Å². The van der Waals surface area contributed by atoms with Crippen LogP contribution in [0.5, 0.6) is 0 Å². The zero-order valence-electron chi connectivity index (χ0n) is 19.7. The predicted octanol–water partition coefficient (Wildman–Crippen LogP) is 6.54. The summed E-state index contributed by atoms with van der Waals surface area (Å²) in [6.45, 7) is 4.10. The highest BCUT2D eigenvalue weighted by atomic mass is 32.2. The molecule has 0 fully saturated rings. The summed E-state index contributed by atoms with van der Waals surface area (Å²) in [5.41, 5.74) is 6.95. The number of nitrogens with zero attached hydrogens (tertiary/aromatic N) is 2. The Kier molecular flexibility index (Phi) is 6.10. The third-order valence-corrected chi connectivity index (χ3v) is 8.04. The van der Waals surface area contributed by atoms with Crippen molar-refractivity contribution >= 4 is 21.8 Å². The zero-order chi connectivity index (χ0) is 24.4. The highest BCUT2D eigenvalue weighted by molar-refractivity contribution is 7.89. The molecule has 1 aliphatic heterocycles. The van der Waals surface area contributed by atoms with E-state index in [2.05, 4.69) is 42.4 Å². The standard InChI is InChI=1S/C30H26N2O2S/c1-22-18-19-26(20-23(22)2)30-28(21-31-32(30)35(33,34)27-16-10-5-11-17-27)29(24-12-6-3-7-13-24)25-14-8-4-9-15-25/h3-21,30H,1-2H3. The Balaban J connectivity index is 1.78. The molecule has 0 N–H and O–H groups in total. The third-order valence-electron chi connectivity index (χ3n) is 6.37. The zero-order valence-corrected chi connectivity index (χ0v) is 20.5. The van der Waals surface area contributed by atoms with Crippen LogP contribution >= 0.6 is 0 Å². The van der Waals surface area contributed by atoms with Crippen molar-refractivity contribution in [2.45, 2.75) is 24.8 Å². The second kappa shape index (κ2) is 9.35. The van der Waals surface area contributed by atoms with Crippen molar-refractivity contribution in [3.8, 4) is 0 Å². The third kappa shape index (κ3) is 4.31. The largest absolute Gasteiger partial charge is 0.279 e. The molecule has 4 nitrogen and oxygen atoms in total. The first-order valence-electron chi connectivity index (χ1n) is 11.5. The van der Waals surface area contributed by atoms with Gasteiger partial charge in [-0.15, -0.1) is 0 Å². The van der Waals surface area contributed by atoms with Gasteiger partial charge in [-0.25, -0.2) is 0 Å². The van der Waals surface area contributed by atoms with Crippen LogP contribution in [-0.4, -0.2) is 19.0 Å². The maximum Gasteiger partial charge on any atom is 0.279 e. The summed E-state index contributed by atoms with van der Waals surface area (Å²) in [6, 6.07) is 34.1. The molecule has 174 valence electrons. The van der Waals surface area contributed by atoms with Crippen LogP contribution in [-0.2, 0) is 10.0 Å². The highest BCUT2D eigenvalue weighted by Crippen LogP contribution is 2.42. The molecule has 4 aromatic rings. The second-order valence-electron chi connectivity index (χ2n) is 8.64. The summed E-state index contributed by atoms with van der Waals surface area (Å²) in [7, 11) is -3.89. The first kappa shape index (κ1) is 22.8. The Morgan fingerprint density at radius 3 is 1.80 bits per heavy atom. The molecule has 35 heavy (non-hydrogen) atoms. The van der Waals surface area contributed by atoms with E-state index in [9.17, 15) is 8.42 Å². The molecule has 0 saturated heterocycles. The van der Waals surface area contributed by atoms with Crippen LogP contribution < -0.4 is 0 Å². The van der Waals surface area contributed by atoms with Gasteiger partial charge in [-0.1, -0.05) is 97.1 Å². The first-order chi connectivity index (χ1) is 17.0. The van der Waals surface area contributed by atoms with Gasteiger partial charge < -0.3 is 0 Å². The smallest absolute Gasteiger partial charge is 0.200 e. The van der Waals surface area contributed by atoms with E-state index in [-0.39, 0.29) is 4.90 Å². The number of hydrogen-bond donors (Lipinski definition) is 0. The summed E-state index contributed by atoms with van der Waals surface area (Å²) in [5, 5.41) is 4.51. The molecule has 0 aromatic heterocycles. The van der Waals surface area contributed by atoms with Gasteiger partial charge >= 0.3 is 0 Å². The lowest BCUT2D eigenvalue weighted by Gasteiger charge is -2.26. The molecular weight excluding hydrogens is 452 g/mol. The monoisotopic (exact) mass is 478 g/mol.